The lowest BCUT2D eigenvalue weighted by Crippen LogP contribution is -2.26. The van der Waals surface area contributed by atoms with E-state index in [-0.39, 0.29) is 6.54 Å². The van der Waals surface area contributed by atoms with Crippen LogP contribution in [0.15, 0.2) is 24.5 Å². The molecule has 5 nitrogen and oxygen atoms in total. The van der Waals surface area contributed by atoms with Crippen molar-refractivity contribution in [1.82, 2.24) is 9.97 Å². The number of nitrogens with zero attached hydrogens (tertiary/aromatic N) is 3. The standard InChI is InChI=1S/C12H15N3O2/c1-15(7-12(16)17)11-6-10(13-8-14-11)9-4-2-3-5-9/h2-3,6,8-9H,4-5,7H2,1H3,(H,16,17). The van der Waals surface area contributed by atoms with Crippen LogP contribution in [0.1, 0.15) is 24.5 Å². The number of anilines is 1. The van der Waals surface area contributed by atoms with Crippen molar-refractivity contribution >= 4 is 11.8 Å². The smallest absolute Gasteiger partial charge is 0.323 e. The summed E-state index contributed by atoms with van der Waals surface area (Å²) in [7, 11) is 1.72. The SMILES string of the molecule is CN(CC(=O)O)c1cc(C2CC=CC2)ncn1. The van der Waals surface area contributed by atoms with Crippen molar-refractivity contribution in [3.8, 4) is 0 Å². The molecule has 1 aromatic rings. The average molecular weight is 233 g/mol. The van der Waals surface area contributed by atoms with Crippen molar-refractivity contribution in [2.45, 2.75) is 18.8 Å². The third kappa shape index (κ3) is 2.81. The van der Waals surface area contributed by atoms with Crippen LogP contribution in [0.4, 0.5) is 5.82 Å². The van der Waals surface area contributed by atoms with E-state index in [0.29, 0.717) is 11.7 Å². The number of aliphatic carboxylic acids is 1. The first kappa shape index (κ1) is 11.6. The Morgan fingerprint density at radius 3 is 2.82 bits per heavy atom. The van der Waals surface area contributed by atoms with Crippen LogP contribution in [-0.2, 0) is 4.79 Å². The third-order valence-corrected chi connectivity index (χ3v) is 2.86. The van der Waals surface area contributed by atoms with E-state index in [1.807, 2.05) is 6.07 Å². The lowest BCUT2D eigenvalue weighted by Gasteiger charge is -2.17. The largest absolute Gasteiger partial charge is 0.480 e. The summed E-state index contributed by atoms with van der Waals surface area (Å²) in [5, 5.41) is 8.73. The first-order valence-corrected chi connectivity index (χ1v) is 5.56. The zero-order valence-electron chi connectivity index (χ0n) is 9.71. The van der Waals surface area contributed by atoms with Crippen molar-refractivity contribution in [3.63, 3.8) is 0 Å². The van der Waals surface area contributed by atoms with Gasteiger partial charge in [0.25, 0.3) is 0 Å². The van der Waals surface area contributed by atoms with Gasteiger partial charge in [-0.2, -0.15) is 0 Å². The number of hydrogen-bond donors (Lipinski definition) is 1. The molecule has 1 aliphatic rings. The van der Waals surface area contributed by atoms with Gasteiger partial charge in [0.05, 0.1) is 0 Å². The molecule has 0 spiro atoms. The number of aromatic nitrogens is 2. The van der Waals surface area contributed by atoms with Gasteiger partial charge in [-0.1, -0.05) is 12.2 Å². The summed E-state index contributed by atoms with van der Waals surface area (Å²) < 4.78 is 0. The van der Waals surface area contributed by atoms with E-state index in [2.05, 4.69) is 22.1 Å². The molecule has 0 unspecified atom stereocenters. The van der Waals surface area contributed by atoms with Crippen molar-refractivity contribution < 1.29 is 9.90 Å². The second-order valence-corrected chi connectivity index (χ2v) is 4.19. The second-order valence-electron chi connectivity index (χ2n) is 4.19. The Kier molecular flexibility index (Phi) is 3.37. The Morgan fingerprint density at radius 2 is 2.18 bits per heavy atom. The topological polar surface area (TPSA) is 66.3 Å². The Bertz CT molecular complexity index is 437. The normalized spacial score (nSPS) is 15.1. The molecule has 90 valence electrons. The maximum absolute atomic E-state index is 10.6. The quantitative estimate of drug-likeness (QED) is 0.797. The van der Waals surface area contributed by atoms with Gasteiger partial charge in [-0.3, -0.25) is 4.79 Å². The number of carboxylic acids is 1. The Hall–Kier alpha value is -1.91. The van der Waals surface area contributed by atoms with Crippen LogP contribution in [0.2, 0.25) is 0 Å². The van der Waals surface area contributed by atoms with E-state index in [1.165, 1.54) is 6.33 Å². The maximum Gasteiger partial charge on any atom is 0.323 e. The molecule has 1 aliphatic carbocycles. The Morgan fingerprint density at radius 1 is 1.47 bits per heavy atom. The highest BCUT2D eigenvalue weighted by Crippen LogP contribution is 2.28. The molecule has 0 radical (unpaired) electrons. The zero-order chi connectivity index (χ0) is 12.3. The van der Waals surface area contributed by atoms with Crippen molar-refractivity contribution in [1.29, 1.82) is 0 Å². The average Bonchev–Trinajstić information content (AvgIpc) is 2.82. The molecular weight excluding hydrogens is 218 g/mol. The summed E-state index contributed by atoms with van der Waals surface area (Å²) in [6, 6.07) is 1.88. The van der Waals surface area contributed by atoms with E-state index in [4.69, 9.17) is 5.11 Å². The number of rotatable bonds is 4. The van der Waals surface area contributed by atoms with Crippen LogP contribution >= 0.6 is 0 Å². The summed E-state index contributed by atoms with van der Waals surface area (Å²) in [6.45, 7) is -0.0562. The fourth-order valence-electron chi connectivity index (χ4n) is 1.94. The van der Waals surface area contributed by atoms with Gasteiger partial charge in [0.2, 0.25) is 0 Å². The number of carboxylic acid groups (broad SMARTS) is 1. The van der Waals surface area contributed by atoms with Crippen molar-refractivity contribution in [3.05, 3.63) is 30.2 Å². The van der Waals surface area contributed by atoms with Crippen LogP contribution in [0.5, 0.6) is 0 Å². The molecular formula is C12H15N3O2. The molecule has 2 rings (SSSR count). The summed E-state index contributed by atoms with van der Waals surface area (Å²) in [5.41, 5.74) is 0.984. The molecule has 0 atom stereocenters. The highest BCUT2D eigenvalue weighted by Gasteiger charge is 2.16. The summed E-state index contributed by atoms with van der Waals surface area (Å²) in [4.78, 5) is 20.6. The predicted molar refractivity (Wildman–Crippen MR) is 64.1 cm³/mol. The van der Waals surface area contributed by atoms with Gasteiger partial charge in [0.15, 0.2) is 0 Å². The van der Waals surface area contributed by atoms with E-state index < -0.39 is 5.97 Å². The highest BCUT2D eigenvalue weighted by molar-refractivity contribution is 5.72. The minimum absolute atomic E-state index is 0.0562. The molecule has 17 heavy (non-hydrogen) atoms. The first-order chi connectivity index (χ1) is 8.16. The fourth-order valence-corrected chi connectivity index (χ4v) is 1.94. The molecule has 0 saturated carbocycles. The number of allylic oxidation sites excluding steroid dienone is 2. The van der Waals surface area contributed by atoms with E-state index in [0.717, 1.165) is 18.5 Å². The fraction of sp³-hybridized carbons (Fsp3) is 0.417. The Balaban J connectivity index is 2.13. The van der Waals surface area contributed by atoms with Gasteiger partial charge in [0, 0.05) is 24.7 Å². The molecule has 0 bridgehead atoms. The lowest BCUT2D eigenvalue weighted by atomic mass is 10.0. The maximum atomic E-state index is 10.6. The van der Waals surface area contributed by atoms with Crippen molar-refractivity contribution in [2.24, 2.45) is 0 Å². The van der Waals surface area contributed by atoms with Crippen LogP contribution < -0.4 is 4.90 Å². The van der Waals surface area contributed by atoms with Gasteiger partial charge in [-0.15, -0.1) is 0 Å². The van der Waals surface area contributed by atoms with Crippen LogP contribution in [0.25, 0.3) is 0 Å². The lowest BCUT2D eigenvalue weighted by molar-refractivity contribution is -0.135. The molecule has 1 aromatic heterocycles. The number of hydrogen-bond acceptors (Lipinski definition) is 4. The van der Waals surface area contributed by atoms with Gasteiger partial charge < -0.3 is 10.0 Å². The zero-order valence-corrected chi connectivity index (χ0v) is 9.71. The third-order valence-electron chi connectivity index (χ3n) is 2.86. The molecule has 1 heterocycles. The van der Waals surface area contributed by atoms with E-state index in [9.17, 15) is 4.79 Å². The monoisotopic (exact) mass is 233 g/mol. The molecule has 0 aliphatic heterocycles. The molecule has 5 heteroatoms. The van der Waals surface area contributed by atoms with Crippen molar-refractivity contribution in [2.75, 3.05) is 18.5 Å². The minimum atomic E-state index is -0.866. The highest BCUT2D eigenvalue weighted by atomic mass is 16.4. The Labute approximate surface area is 99.8 Å². The second kappa shape index (κ2) is 4.95. The summed E-state index contributed by atoms with van der Waals surface area (Å²) in [6.07, 6.45) is 7.79. The first-order valence-electron chi connectivity index (χ1n) is 5.56. The van der Waals surface area contributed by atoms with Gasteiger partial charge in [0.1, 0.15) is 18.7 Å². The van der Waals surface area contributed by atoms with Gasteiger partial charge in [-0.05, 0) is 12.8 Å². The molecule has 0 saturated heterocycles. The van der Waals surface area contributed by atoms with Gasteiger partial charge in [-0.25, -0.2) is 9.97 Å². The molecule has 0 fully saturated rings. The molecule has 0 amide bonds. The van der Waals surface area contributed by atoms with E-state index >= 15 is 0 Å². The summed E-state index contributed by atoms with van der Waals surface area (Å²) in [5.74, 6) is 0.203. The minimum Gasteiger partial charge on any atom is -0.480 e. The van der Waals surface area contributed by atoms with E-state index in [1.54, 1.807) is 11.9 Å². The van der Waals surface area contributed by atoms with Crippen LogP contribution in [-0.4, -0.2) is 34.6 Å². The molecule has 0 aromatic carbocycles. The molecule has 1 N–H and O–H groups in total. The van der Waals surface area contributed by atoms with Crippen LogP contribution in [0, 0.1) is 0 Å². The number of likely N-dealkylation sites (N-methyl/N-ethyl adjacent to an activating group) is 1. The van der Waals surface area contributed by atoms with Crippen LogP contribution in [0.3, 0.4) is 0 Å². The number of carbonyl (C=O) groups is 1. The summed E-state index contributed by atoms with van der Waals surface area (Å²) >= 11 is 0. The van der Waals surface area contributed by atoms with Gasteiger partial charge >= 0.3 is 5.97 Å². The predicted octanol–water partition coefficient (Wildman–Crippen LogP) is 1.43.